The molecule has 0 aromatic heterocycles. The second kappa shape index (κ2) is 6.23. The summed E-state index contributed by atoms with van der Waals surface area (Å²) in [5.41, 5.74) is 2.74. The zero-order valence-corrected chi connectivity index (χ0v) is 11.1. The Kier molecular flexibility index (Phi) is 5.20. The Morgan fingerprint density at radius 2 is 1.67 bits per heavy atom. The predicted octanol–water partition coefficient (Wildman–Crippen LogP) is 3.78. The summed E-state index contributed by atoms with van der Waals surface area (Å²) in [4.78, 5) is 0. The Balaban J connectivity index is 2.82. The lowest BCUT2D eigenvalue weighted by atomic mass is 10.0. The highest BCUT2D eigenvalue weighted by atomic mass is 19.4. The van der Waals surface area contributed by atoms with E-state index in [9.17, 15) is 13.2 Å². The average Bonchev–Trinajstić information content (AvgIpc) is 2.21. The van der Waals surface area contributed by atoms with Crippen LogP contribution < -0.4 is 5.32 Å². The van der Waals surface area contributed by atoms with Gasteiger partial charge in [-0.05, 0) is 38.8 Å². The predicted molar refractivity (Wildman–Crippen MR) is 67.8 cm³/mol. The Labute approximate surface area is 106 Å². The molecule has 0 radical (unpaired) electrons. The number of rotatable bonds is 5. The van der Waals surface area contributed by atoms with Crippen molar-refractivity contribution in [2.45, 2.75) is 45.8 Å². The molecule has 0 saturated carbocycles. The fourth-order valence-corrected chi connectivity index (χ4v) is 2.04. The zero-order valence-electron chi connectivity index (χ0n) is 11.1. The van der Waals surface area contributed by atoms with Crippen LogP contribution >= 0.6 is 0 Å². The molecule has 102 valence electrons. The zero-order chi connectivity index (χ0) is 13.8. The number of benzene rings is 1. The lowest BCUT2D eigenvalue weighted by Crippen LogP contribution is -2.44. The van der Waals surface area contributed by atoms with Crippen molar-refractivity contribution in [1.29, 1.82) is 0 Å². The van der Waals surface area contributed by atoms with Gasteiger partial charge in [-0.3, -0.25) is 0 Å². The van der Waals surface area contributed by atoms with E-state index in [1.54, 1.807) is 0 Å². The van der Waals surface area contributed by atoms with E-state index >= 15 is 0 Å². The van der Waals surface area contributed by atoms with E-state index in [2.05, 4.69) is 5.32 Å². The van der Waals surface area contributed by atoms with Crippen molar-refractivity contribution in [3.8, 4) is 0 Å². The van der Waals surface area contributed by atoms with E-state index in [1.165, 1.54) is 0 Å². The molecule has 1 atom stereocenters. The van der Waals surface area contributed by atoms with Gasteiger partial charge in [-0.25, -0.2) is 0 Å². The quantitative estimate of drug-likeness (QED) is 0.848. The largest absolute Gasteiger partial charge is 0.404 e. The Hall–Kier alpha value is -1.03. The van der Waals surface area contributed by atoms with Gasteiger partial charge in [-0.1, -0.05) is 36.2 Å². The van der Waals surface area contributed by atoms with Gasteiger partial charge < -0.3 is 5.32 Å². The average molecular weight is 259 g/mol. The highest BCUT2D eigenvalue weighted by Crippen LogP contribution is 2.24. The lowest BCUT2D eigenvalue weighted by Gasteiger charge is -2.22. The maximum atomic E-state index is 12.9. The molecule has 1 nitrogen and oxygen atoms in total. The SMILES string of the molecule is CCCNC(Cc1cc(C)cc(C)c1)C(F)(F)F. The number of hydrogen-bond acceptors (Lipinski definition) is 1. The van der Waals surface area contributed by atoms with Crippen LogP contribution in [0.3, 0.4) is 0 Å². The summed E-state index contributed by atoms with van der Waals surface area (Å²) in [6.45, 7) is 6.04. The van der Waals surface area contributed by atoms with E-state index in [0.717, 1.165) is 16.7 Å². The molecule has 0 aliphatic heterocycles. The van der Waals surface area contributed by atoms with Crippen LogP contribution in [-0.2, 0) is 6.42 Å². The topological polar surface area (TPSA) is 12.0 Å². The van der Waals surface area contributed by atoms with Crippen LogP contribution in [0.25, 0.3) is 0 Å². The van der Waals surface area contributed by atoms with Gasteiger partial charge in [0, 0.05) is 0 Å². The van der Waals surface area contributed by atoms with Crippen LogP contribution in [0.5, 0.6) is 0 Å². The van der Waals surface area contributed by atoms with E-state index in [1.807, 2.05) is 39.0 Å². The van der Waals surface area contributed by atoms with Gasteiger partial charge in [0.25, 0.3) is 0 Å². The van der Waals surface area contributed by atoms with Crippen LogP contribution in [0.4, 0.5) is 13.2 Å². The highest BCUT2D eigenvalue weighted by Gasteiger charge is 2.38. The van der Waals surface area contributed by atoms with Crippen molar-refractivity contribution in [3.05, 3.63) is 34.9 Å². The first kappa shape index (κ1) is 15.0. The number of hydrogen-bond donors (Lipinski definition) is 1. The third-order valence-electron chi connectivity index (χ3n) is 2.76. The van der Waals surface area contributed by atoms with Gasteiger partial charge in [0.2, 0.25) is 0 Å². The van der Waals surface area contributed by atoms with Crippen LogP contribution in [-0.4, -0.2) is 18.8 Å². The van der Waals surface area contributed by atoms with E-state index in [0.29, 0.717) is 13.0 Å². The van der Waals surface area contributed by atoms with Gasteiger partial charge in [0.05, 0.1) is 0 Å². The van der Waals surface area contributed by atoms with E-state index < -0.39 is 12.2 Å². The molecule has 1 aromatic carbocycles. The highest BCUT2D eigenvalue weighted by molar-refractivity contribution is 5.29. The lowest BCUT2D eigenvalue weighted by molar-refractivity contribution is -0.155. The smallest absolute Gasteiger partial charge is 0.306 e. The minimum Gasteiger partial charge on any atom is -0.306 e. The number of halogens is 3. The first-order valence-corrected chi connectivity index (χ1v) is 6.20. The second-order valence-corrected chi connectivity index (χ2v) is 4.75. The minimum absolute atomic E-state index is 0.00792. The normalized spacial score (nSPS) is 13.7. The Bertz CT molecular complexity index is 365. The van der Waals surface area contributed by atoms with Crippen LogP contribution in [0, 0.1) is 13.8 Å². The van der Waals surface area contributed by atoms with Crippen LogP contribution in [0.2, 0.25) is 0 Å². The summed E-state index contributed by atoms with van der Waals surface area (Å²) >= 11 is 0. The molecule has 0 bridgehead atoms. The Morgan fingerprint density at radius 1 is 1.11 bits per heavy atom. The molecule has 4 heteroatoms. The van der Waals surface area contributed by atoms with Gasteiger partial charge in [0.15, 0.2) is 0 Å². The van der Waals surface area contributed by atoms with Crippen molar-refractivity contribution in [1.82, 2.24) is 5.32 Å². The third-order valence-corrected chi connectivity index (χ3v) is 2.76. The fraction of sp³-hybridized carbons (Fsp3) is 0.571. The van der Waals surface area contributed by atoms with Gasteiger partial charge >= 0.3 is 6.18 Å². The van der Waals surface area contributed by atoms with Crippen molar-refractivity contribution < 1.29 is 13.2 Å². The summed E-state index contributed by atoms with van der Waals surface area (Å²) in [6.07, 6.45) is -3.52. The molecule has 0 amide bonds. The minimum atomic E-state index is -4.20. The standard InChI is InChI=1S/C14H20F3N/c1-4-5-18-13(14(15,16)17)9-12-7-10(2)6-11(3)8-12/h6-8,13,18H,4-5,9H2,1-3H3. The summed E-state index contributed by atoms with van der Waals surface area (Å²) in [6, 6.07) is 4.14. The monoisotopic (exact) mass is 259 g/mol. The maximum Gasteiger partial charge on any atom is 0.404 e. The molecule has 0 heterocycles. The second-order valence-electron chi connectivity index (χ2n) is 4.75. The summed E-state index contributed by atoms with van der Waals surface area (Å²) < 4.78 is 38.6. The molecule has 1 N–H and O–H groups in total. The molecular weight excluding hydrogens is 239 g/mol. The van der Waals surface area contributed by atoms with Crippen molar-refractivity contribution in [3.63, 3.8) is 0 Å². The molecule has 1 aromatic rings. The van der Waals surface area contributed by atoms with Gasteiger partial charge in [-0.15, -0.1) is 0 Å². The molecule has 0 spiro atoms. The van der Waals surface area contributed by atoms with Gasteiger partial charge in [0.1, 0.15) is 6.04 Å². The van der Waals surface area contributed by atoms with Crippen molar-refractivity contribution in [2.75, 3.05) is 6.54 Å². The molecule has 0 saturated heterocycles. The molecule has 18 heavy (non-hydrogen) atoms. The molecule has 1 unspecified atom stereocenters. The van der Waals surface area contributed by atoms with E-state index in [4.69, 9.17) is 0 Å². The van der Waals surface area contributed by atoms with Crippen molar-refractivity contribution >= 4 is 0 Å². The Morgan fingerprint density at radius 3 is 2.11 bits per heavy atom. The summed E-state index contributed by atoms with van der Waals surface area (Å²) in [5, 5.41) is 2.57. The molecular formula is C14H20F3N. The van der Waals surface area contributed by atoms with Crippen molar-refractivity contribution in [2.24, 2.45) is 0 Å². The summed E-state index contributed by atoms with van der Waals surface area (Å²) in [7, 11) is 0. The third kappa shape index (κ3) is 4.69. The molecule has 0 aliphatic rings. The number of aryl methyl sites for hydroxylation is 2. The van der Waals surface area contributed by atoms with Crippen LogP contribution in [0.15, 0.2) is 18.2 Å². The maximum absolute atomic E-state index is 12.9. The number of nitrogens with one attached hydrogen (secondary N) is 1. The van der Waals surface area contributed by atoms with Crippen LogP contribution in [0.1, 0.15) is 30.0 Å². The first-order valence-electron chi connectivity index (χ1n) is 6.20. The summed E-state index contributed by atoms with van der Waals surface area (Å²) in [5.74, 6) is 0. The molecule has 0 aliphatic carbocycles. The first-order chi connectivity index (χ1) is 8.32. The molecule has 1 rings (SSSR count). The van der Waals surface area contributed by atoms with Gasteiger partial charge in [-0.2, -0.15) is 13.2 Å². The van der Waals surface area contributed by atoms with E-state index in [-0.39, 0.29) is 6.42 Å². The number of alkyl halides is 3. The fourth-order valence-electron chi connectivity index (χ4n) is 2.04. The molecule has 0 fully saturated rings.